The Bertz CT molecular complexity index is 580. The van der Waals surface area contributed by atoms with Gasteiger partial charge in [-0.3, -0.25) is 0 Å². The van der Waals surface area contributed by atoms with Crippen molar-refractivity contribution < 1.29 is 21.6 Å². The van der Waals surface area contributed by atoms with Gasteiger partial charge >= 0.3 is 6.18 Å². The molecule has 0 aromatic heterocycles. The zero-order valence-electron chi connectivity index (χ0n) is 10.1. The topological polar surface area (TPSA) is 58.2 Å². The standard InChI is InChI=1S/C11H13F3N2O2S/c1-15-8-4-2-3-5-9(8)19(17,18)16-10(6-7-10)11(12,13)14/h2-5,15-16H,6-7H2,1H3. The summed E-state index contributed by atoms with van der Waals surface area (Å²) in [6, 6.07) is 5.81. The summed E-state index contributed by atoms with van der Waals surface area (Å²) < 4.78 is 64.3. The number of hydrogen-bond donors (Lipinski definition) is 2. The number of benzene rings is 1. The second kappa shape index (κ2) is 4.38. The van der Waals surface area contributed by atoms with E-state index in [1.54, 1.807) is 10.8 Å². The predicted octanol–water partition coefficient (Wildman–Crippen LogP) is 2.10. The summed E-state index contributed by atoms with van der Waals surface area (Å²) in [6.07, 6.45) is -5.02. The molecule has 0 atom stereocenters. The molecule has 0 heterocycles. The van der Waals surface area contributed by atoms with Gasteiger partial charge in [0.15, 0.2) is 0 Å². The van der Waals surface area contributed by atoms with Gasteiger partial charge in [0.25, 0.3) is 0 Å². The molecule has 1 fully saturated rings. The molecule has 0 spiro atoms. The van der Waals surface area contributed by atoms with Gasteiger partial charge in [0.2, 0.25) is 10.0 Å². The van der Waals surface area contributed by atoms with E-state index in [0.717, 1.165) is 0 Å². The number of hydrogen-bond acceptors (Lipinski definition) is 3. The van der Waals surface area contributed by atoms with Crippen molar-refractivity contribution in [1.29, 1.82) is 0 Å². The Balaban J connectivity index is 2.34. The molecular formula is C11H13F3N2O2S. The second-order valence-electron chi connectivity index (χ2n) is 4.43. The van der Waals surface area contributed by atoms with Gasteiger partial charge in [0.05, 0.1) is 5.69 Å². The van der Waals surface area contributed by atoms with E-state index in [4.69, 9.17) is 0 Å². The smallest absolute Gasteiger partial charge is 0.387 e. The molecule has 0 bridgehead atoms. The summed E-state index contributed by atoms with van der Waals surface area (Å²) in [5.41, 5.74) is -2.04. The normalized spacial score (nSPS) is 18.1. The molecule has 0 saturated heterocycles. The minimum absolute atomic E-state index is 0.187. The van der Waals surface area contributed by atoms with Crippen LogP contribution in [0.2, 0.25) is 0 Å². The third-order valence-corrected chi connectivity index (χ3v) is 4.66. The molecule has 1 aliphatic carbocycles. The Labute approximate surface area is 109 Å². The third-order valence-electron chi connectivity index (χ3n) is 3.07. The van der Waals surface area contributed by atoms with Crippen molar-refractivity contribution in [2.24, 2.45) is 0 Å². The minimum atomic E-state index is -4.57. The first-order chi connectivity index (χ1) is 8.72. The van der Waals surface area contributed by atoms with Crippen LogP contribution in [0.3, 0.4) is 0 Å². The molecular weight excluding hydrogens is 281 g/mol. The SMILES string of the molecule is CNc1ccccc1S(=O)(=O)NC1(C(F)(F)F)CC1. The number of para-hydroxylation sites is 1. The number of anilines is 1. The van der Waals surface area contributed by atoms with Gasteiger partial charge in [-0.1, -0.05) is 12.1 Å². The van der Waals surface area contributed by atoms with Crippen LogP contribution in [0.15, 0.2) is 29.2 Å². The van der Waals surface area contributed by atoms with Crippen molar-refractivity contribution >= 4 is 15.7 Å². The fraction of sp³-hybridized carbons (Fsp3) is 0.455. The molecule has 0 aliphatic heterocycles. The van der Waals surface area contributed by atoms with Crippen LogP contribution in [-0.2, 0) is 10.0 Å². The van der Waals surface area contributed by atoms with Gasteiger partial charge in [-0.05, 0) is 25.0 Å². The lowest BCUT2D eigenvalue weighted by Crippen LogP contribution is -2.47. The van der Waals surface area contributed by atoms with E-state index in [-0.39, 0.29) is 23.4 Å². The molecule has 2 rings (SSSR count). The van der Waals surface area contributed by atoms with Gasteiger partial charge in [0.1, 0.15) is 10.4 Å². The summed E-state index contributed by atoms with van der Waals surface area (Å²) >= 11 is 0. The first kappa shape index (κ1) is 14.1. The molecule has 0 radical (unpaired) electrons. The van der Waals surface area contributed by atoms with Crippen LogP contribution in [0.25, 0.3) is 0 Å². The molecule has 8 heteroatoms. The van der Waals surface area contributed by atoms with E-state index in [1.165, 1.54) is 25.2 Å². The van der Waals surface area contributed by atoms with Gasteiger partial charge in [0, 0.05) is 7.05 Å². The number of nitrogens with one attached hydrogen (secondary N) is 2. The molecule has 4 nitrogen and oxygen atoms in total. The average molecular weight is 294 g/mol. The summed E-state index contributed by atoms with van der Waals surface area (Å²) in [5.74, 6) is 0. The van der Waals surface area contributed by atoms with Crippen molar-refractivity contribution in [3.63, 3.8) is 0 Å². The maximum Gasteiger partial charge on any atom is 0.407 e. The average Bonchev–Trinajstić information content (AvgIpc) is 3.08. The quantitative estimate of drug-likeness (QED) is 0.894. The second-order valence-corrected chi connectivity index (χ2v) is 6.08. The highest BCUT2D eigenvalue weighted by atomic mass is 32.2. The van der Waals surface area contributed by atoms with Crippen LogP contribution in [0, 0.1) is 0 Å². The van der Waals surface area contributed by atoms with E-state index < -0.39 is 21.7 Å². The Hall–Kier alpha value is -1.28. The predicted molar refractivity (Wildman–Crippen MR) is 64.3 cm³/mol. The maximum atomic E-state index is 12.8. The van der Waals surface area contributed by atoms with Gasteiger partial charge in [-0.15, -0.1) is 0 Å². The largest absolute Gasteiger partial charge is 0.407 e. The lowest BCUT2D eigenvalue weighted by Gasteiger charge is -2.21. The van der Waals surface area contributed by atoms with Crippen molar-refractivity contribution in [2.45, 2.75) is 29.5 Å². The van der Waals surface area contributed by atoms with Gasteiger partial charge < -0.3 is 5.32 Å². The van der Waals surface area contributed by atoms with E-state index >= 15 is 0 Å². The van der Waals surface area contributed by atoms with Crippen LogP contribution in [0.4, 0.5) is 18.9 Å². The fourth-order valence-corrected chi connectivity index (χ4v) is 3.45. The highest BCUT2D eigenvalue weighted by molar-refractivity contribution is 7.89. The lowest BCUT2D eigenvalue weighted by atomic mass is 10.3. The number of halogens is 3. The molecule has 106 valence electrons. The molecule has 0 amide bonds. The van der Waals surface area contributed by atoms with Crippen LogP contribution >= 0.6 is 0 Å². The van der Waals surface area contributed by atoms with E-state index in [2.05, 4.69) is 5.32 Å². The molecule has 1 aromatic rings. The van der Waals surface area contributed by atoms with E-state index in [1.807, 2.05) is 0 Å². The monoisotopic (exact) mass is 294 g/mol. The molecule has 1 saturated carbocycles. The maximum absolute atomic E-state index is 12.8. The zero-order chi connectivity index (χ0) is 14.3. The Morgan fingerprint density at radius 1 is 1.21 bits per heavy atom. The van der Waals surface area contributed by atoms with Crippen LogP contribution in [-0.4, -0.2) is 27.2 Å². The first-order valence-electron chi connectivity index (χ1n) is 5.59. The molecule has 1 aromatic carbocycles. The van der Waals surface area contributed by atoms with Crippen molar-refractivity contribution in [3.8, 4) is 0 Å². The summed E-state index contributed by atoms with van der Waals surface area (Å²) in [4.78, 5) is -0.187. The summed E-state index contributed by atoms with van der Waals surface area (Å²) in [7, 11) is -2.71. The lowest BCUT2D eigenvalue weighted by molar-refractivity contribution is -0.160. The zero-order valence-corrected chi connectivity index (χ0v) is 10.9. The number of alkyl halides is 3. The van der Waals surface area contributed by atoms with E-state index in [9.17, 15) is 21.6 Å². The third kappa shape index (κ3) is 2.55. The number of rotatable bonds is 4. The van der Waals surface area contributed by atoms with Crippen molar-refractivity contribution in [3.05, 3.63) is 24.3 Å². The van der Waals surface area contributed by atoms with Gasteiger partial charge in [-0.25, -0.2) is 8.42 Å². The van der Waals surface area contributed by atoms with Crippen molar-refractivity contribution in [2.75, 3.05) is 12.4 Å². The molecule has 19 heavy (non-hydrogen) atoms. The Morgan fingerprint density at radius 3 is 2.26 bits per heavy atom. The first-order valence-corrected chi connectivity index (χ1v) is 7.08. The highest BCUT2D eigenvalue weighted by Gasteiger charge is 2.65. The van der Waals surface area contributed by atoms with Crippen LogP contribution < -0.4 is 10.0 Å². The molecule has 2 N–H and O–H groups in total. The van der Waals surface area contributed by atoms with Crippen LogP contribution in [0.1, 0.15) is 12.8 Å². The van der Waals surface area contributed by atoms with Crippen molar-refractivity contribution in [1.82, 2.24) is 4.72 Å². The minimum Gasteiger partial charge on any atom is -0.387 e. The highest BCUT2D eigenvalue weighted by Crippen LogP contribution is 2.49. The fourth-order valence-electron chi connectivity index (χ4n) is 1.79. The Kier molecular flexibility index (Phi) is 3.26. The van der Waals surface area contributed by atoms with Gasteiger partial charge in [-0.2, -0.15) is 17.9 Å². The summed E-state index contributed by atoms with van der Waals surface area (Å²) in [5, 5.41) is 2.65. The molecule has 1 aliphatic rings. The van der Waals surface area contributed by atoms with Crippen LogP contribution in [0.5, 0.6) is 0 Å². The summed E-state index contributed by atoms with van der Waals surface area (Å²) in [6.45, 7) is 0. The Morgan fingerprint density at radius 2 is 1.79 bits per heavy atom. The van der Waals surface area contributed by atoms with E-state index in [0.29, 0.717) is 0 Å². The molecule has 0 unspecified atom stereocenters. The number of sulfonamides is 1.